The quantitative estimate of drug-likeness (QED) is 0.465. The molecule has 94 valence electrons. The highest BCUT2D eigenvalue weighted by atomic mass is 16.5. The second-order valence-electron chi connectivity index (χ2n) is 4.04. The first kappa shape index (κ1) is 13.4. The van der Waals surface area contributed by atoms with Crippen LogP contribution in [0.4, 0.5) is 5.82 Å². The predicted molar refractivity (Wildman–Crippen MR) is 69.0 cm³/mol. The van der Waals surface area contributed by atoms with Crippen molar-refractivity contribution in [3.05, 3.63) is 23.5 Å². The Labute approximate surface area is 102 Å². The molecule has 0 aliphatic rings. The highest BCUT2D eigenvalue weighted by Gasteiger charge is 2.13. The molecule has 1 aromatic heterocycles. The molecule has 0 fully saturated rings. The van der Waals surface area contributed by atoms with Crippen LogP contribution in [-0.2, 0) is 0 Å². The Hall–Kier alpha value is -1.62. The fraction of sp³-hybridized carbons (Fsp3) is 0.500. The molecule has 1 rings (SSSR count). The van der Waals surface area contributed by atoms with E-state index in [2.05, 4.69) is 15.4 Å². The molecule has 1 aromatic rings. The molecule has 0 saturated carbocycles. The molecule has 3 N–H and O–H groups in total. The Morgan fingerprint density at radius 1 is 1.41 bits per heavy atom. The van der Waals surface area contributed by atoms with Crippen molar-refractivity contribution >= 4 is 5.82 Å². The molecule has 0 amide bonds. The molecule has 1 heterocycles. The SMILES string of the molecule is C/C=C/COc1nc(C(C)C)nc(NN)c1C. The molecule has 0 aromatic carbocycles. The zero-order valence-corrected chi connectivity index (χ0v) is 10.8. The first-order valence-electron chi connectivity index (χ1n) is 5.69. The molecule has 0 aliphatic heterocycles. The normalized spacial score (nSPS) is 11.2. The standard InChI is InChI=1S/C12H20N4O/c1-5-6-7-17-12-9(4)11(16-13)14-10(15-12)8(2)3/h5-6,8H,7,13H2,1-4H3,(H,14,15,16)/b6-5+. The molecule has 0 radical (unpaired) electrons. The lowest BCUT2D eigenvalue weighted by Crippen LogP contribution is -2.14. The number of rotatable bonds is 5. The van der Waals surface area contributed by atoms with E-state index in [0.717, 1.165) is 11.4 Å². The van der Waals surface area contributed by atoms with Gasteiger partial charge in [0, 0.05) is 5.92 Å². The maximum Gasteiger partial charge on any atom is 0.222 e. The van der Waals surface area contributed by atoms with Crippen molar-refractivity contribution in [2.75, 3.05) is 12.0 Å². The highest BCUT2D eigenvalue weighted by molar-refractivity contribution is 5.47. The summed E-state index contributed by atoms with van der Waals surface area (Å²) in [6.45, 7) is 8.38. The second-order valence-corrected chi connectivity index (χ2v) is 4.04. The van der Waals surface area contributed by atoms with Gasteiger partial charge >= 0.3 is 0 Å². The van der Waals surface area contributed by atoms with Gasteiger partial charge in [-0.1, -0.05) is 26.0 Å². The van der Waals surface area contributed by atoms with E-state index < -0.39 is 0 Å². The molecular weight excluding hydrogens is 216 g/mol. The van der Waals surface area contributed by atoms with Crippen LogP contribution >= 0.6 is 0 Å². The average molecular weight is 236 g/mol. The minimum atomic E-state index is 0.228. The maximum absolute atomic E-state index is 5.58. The van der Waals surface area contributed by atoms with Crippen LogP contribution < -0.4 is 16.0 Å². The third-order valence-corrected chi connectivity index (χ3v) is 2.32. The molecule has 0 spiro atoms. The van der Waals surface area contributed by atoms with E-state index in [0.29, 0.717) is 18.3 Å². The van der Waals surface area contributed by atoms with Crippen LogP contribution in [-0.4, -0.2) is 16.6 Å². The fourth-order valence-electron chi connectivity index (χ4n) is 1.28. The van der Waals surface area contributed by atoms with Crippen molar-refractivity contribution in [3.8, 4) is 5.88 Å². The Morgan fingerprint density at radius 2 is 2.12 bits per heavy atom. The van der Waals surface area contributed by atoms with E-state index in [9.17, 15) is 0 Å². The van der Waals surface area contributed by atoms with E-state index in [4.69, 9.17) is 10.6 Å². The van der Waals surface area contributed by atoms with Crippen molar-refractivity contribution in [1.82, 2.24) is 9.97 Å². The van der Waals surface area contributed by atoms with Gasteiger partial charge in [0.1, 0.15) is 18.2 Å². The topological polar surface area (TPSA) is 73.1 Å². The third-order valence-electron chi connectivity index (χ3n) is 2.32. The van der Waals surface area contributed by atoms with Gasteiger partial charge in [-0.15, -0.1) is 0 Å². The van der Waals surface area contributed by atoms with E-state index in [1.165, 1.54) is 0 Å². The van der Waals surface area contributed by atoms with Crippen LogP contribution in [0.3, 0.4) is 0 Å². The molecule has 0 unspecified atom stereocenters. The summed E-state index contributed by atoms with van der Waals surface area (Å²) in [5, 5.41) is 0. The van der Waals surface area contributed by atoms with Crippen molar-refractivity contribution in [3.63, 3.8) is 0 Å². The summed E-state index contributed by atoms with van der Waals surface area (Å²) in [5.41, 5.74) is 3.39. The van der Waals surface area contributed by atoms with Crippen molar-refractivity contribution in [1.29, 1.82) is 0 Å². The van der Waals surface area contributed by atoms with E-state index in [-0.39, 0.29) is 5.92 Å². The number of ether oxygens (including phenoxy) is 1. The van der Waals surface area contributed by atoms with Gasteiger partial charge in [0.25, 0.3) is 0 Å². The molecule has 5 nitrogen and oxygen atoms in total. The van der Waals surface area contributed by atoms with Gasteiger partial charge in [0.15, 0.2) is 0 Å². The molecule has 5 heteroatoms. The summed E-state index contributed by atoms with van der Waals surface area (Å²) >= 11 is 0. The summed E-state index contributed by atoms with van der Waals surface area (Å²) in [4.78, 5) is 8.72. The Kier molecular flexibility index (Phi) is 4.90. The largest absolute Gasteiger partial charge is 0.473 e. The van der Waals surface area contributed by atoms with Crippen LogP contribution in [0.25, 0.3) is 0 Å². The van der Waals surface area contributed by atoms with Crippen LogP contribution in [0.15, 0.2) is 12.2 Å². The highest BCUT2D eigenvalue weighted by Crippen LogP contribution is 2.24. The first-order valence-corrected chi connectivity index (χ1v) is 5.69. The number of hydrogen-bond acceptors (Lipinski definition) is 5. The van der Waals surface area contributed by atoms with Gasteiger partial charge in [-0.2, -0.15) is 4.98 Å². The Morgan fingerprint density at radius 3 is 2.65 bits per heavy atom. The lowest BCUT2D eigenvalue weighted by atomic mass is 10.2. The third kappa shape index (κ3) is 3.42. The minimum Gasteiger partial charge on any atom is -0.473 e. The number of nitrogens with one attached hydrogen (secondary N) is 1. The van der Waals surface area contributed by atoms with E-state index in [1.807, 2.05) is 39.8 Å². The van der Waals surface area contributed by atoms with Gasteiger partial charge in [0.05, 0.1) is 5.56 Å². The monoisotopic (exact) mass is 236 g/mol. The van der Waals surface area contributed by atoms with E-state index in [1.54, 1.807) is 0 Å². The number of aromatic nitrogens is 2. The lowest BCUT2D eigenvalue weighted by Gasteiger charge is -2.13. The summed E-state index contributed by atoms with van der Waals surface area (Å²) in [6.07, 6.45) is 3.86. The number of hydrogen-bond donors (Lipinski definition) is 2. The Balaban J connectivity index is 3.04. The number of hydrazine groups is 1. The van der Waals surface area contributed by atoms with Gasteiger partial charge in [-0.3, -0.25) is 0 Å². The molecule has 0 atom stereocenters. The number of nitrogens with zero attached hydrogens (tertiary/aromatic N) is 2. The molecule has 17 heavy (non-hydrogen) atoms. The van der Waals surface area contributed by atoms with Gasteiger partial charge in [-0.25, -0.2) is 10.8 Å². The summed E-state index contributed by atoms with van der Waals surface area (Å²) in [6, 6.07) is 0. The molecular formula is C12H20N4O. The van der Waals surface area contributed by atoms with Gasteiger partial charge in [-0.05, 0) is 13.8 Å². The number of anilines is 1. The van der Waals surface area contributed by atoms with Crippen LogP contribution in [0.2, 0.25) is 0 Å². The fourth-order valence-corrected chi connectivity index (χ4v) is 1.28. The smallest absolute Gasteiger partial charge is 0.222 e. The second kappa shape index (κ2) is 6.20. The first-order chi connectivity index (χ1) is 8.10. The van der Waals surface area contributed by atoms with Crippen LogP contribution in [0.1, 0.15) is 38.1 Å². The van der Waals surface area contributed by atoms with Crippen molar-refractivity contribution in [2.24, 2.45) is 5.84 Å². The molecule has 0 aliphatic carbocycles. The molecule has 0 saturated heterocycles. The zero-order valence-electron chi connectivity index (χ0n) is 10.8. The van der Waals surface area contributed by atoms with Crippen LogP contribution in [0, 0.1) is 6.92 Å². The van der Waals surface area contributed by atoms with Crippen molar-refractivity contribution < 1.29 is 4.74 Å². The lowest BCUT2D eigenvalue weighted by molar-refractivity contribution is 0.342. The van der Waals surface area contributed by atoms with Gasteiger partial charge in [0.2, 0.25) is 5.88 Å². The molecule has 0 bridgehead atoms. The van der Waals surface area contributed by atoms with Crippen molar-refractivity contribution in [2.45, 2.75) is 33.6 Å². The van der Waals surface area contributed by atoms with Crippen LogP contribution in [0.5, 0.6) is 5.88 Å². The summed E-state index contributed by atoms with van der Waals surface area (Å²) in [7, 11) is 0. The number of nitrogen functional groups attached to an aromatic ring is 1. The summed E-state index contributed by atoms with van der Waals surface area (Å²) < 4.78 is 5.58. The maximum atomic E-state index is 5.58. The average Bonchev–Trinajstić information content (AvgIpc) is 2.31. The number of allylic oxidation sites excluding steroid dienone is 1. The number of nitrogens with two attached hydrogens (primary N) is 1. The zero-order chi connectivity index (χ0) is 12.8. The van der Waals surface area contributed by atoms with Gasteiger partial charge < -0.3 is 10.2 Å². The Bertz CT molecular complexity index is 402. The minimum absolute atomic E-state index is 0.228. The van der Waals surface area contributed by atoms with E-state index >= 15 is 0 Å². The summed E-state index contributed by atoms with van der Waals surface area (Å²) in [5.74, 6) is 7.57. The predicted octanol–water partition coefficient (Wildman–Crippen LogP) is 2.15.